The Morgan fingerprint density at radius 2 is 1.75 bits per heavy atom. The average Bonchev–Trinajstić information content (AvgIpc) is 2.61. The Bertz CT molecular complexity index is 644. The van der Waals surface area contributed by atoms with Crippen LogP contribution in [0.3, 0.4) is 0 Å². The van der Waals surface area contributed by atoms with E-state index in [1.807, 2.05) is 42.5 Å². The van der Waals surface area contributed by atoms with E-state index in [0.717, 1.165) is 11.4 Å². The molecule has 0 heterocycles. The summed E-state index contributed by atoms with van der Waals surface area (Å²) in [6.45, 7) is 1.22. The predicted molar refractivity (Wildman–Crippen MR) is 93.9 cm³/mol. The van der Waals surface area contributed by atoms with Gasteiger partial charge in [-0.1, -0.05) is 6.07 Å². The van der Waals surface area contributed by atoms with E-state index in [-0.39, 0.29) is 12.5 Å². The van der Waals surface area contributed by atoms with Gasteiger partial charge in [-0.25, -0.2) is 0 Å². The number of carbonyl (C=O) groups excluding carboxylic acids is 1. The van der Waals surface area contributed by atoms with Crippen molar-refractivity contribution in [3.63, 3.8) is 0 Å². The number of hydrogen-bond acceptors (Lipinski definition) is 5. The monoisotopic (exact) mass is 330 g/mol. The number of hydrogen-bond donors (Lipinski definition) is 2. The van der Waals surface area contributed by atoms with Gasteiger partial charge in [0.15, 0.2) is 0 Å². The zero-order chi connectivity index (χ0) is 17.2. The maximum absolute atomic E-state index is 12.0. The minimum absolute atomic E-state index is 0.135. The van der Waals surface area contributed by atoms with Crippen LogP contribution in [-0.2, 0) is 9.53 Å². The van der Waals surface area contributed by atoms with E-state index in [1.165, 1.54) is 0 Å². The minimum Gasteiger partial charge on any atom is -0.497 e. The van der Waals surface area contributed by atoms with Crippen LogP contribution >= 0.6 is 0 Å². The fourth-order valence-electron chi connectivity index (χ4n) is 2.00. The van der Waals surface area contributed by atoms with E-state index in [1.54, 1.807) is 20.3 Å². The first-order valence-electron chi connectivity index (χ1n) is 7.61. The maximum Gasteiger partial charge on any atom is 0.243 e. The molecule has 2 N–H and O–H groups in total. The molecule has 128 valence electrons. The molecule has 0 bridgehead atoms. The molecule has 0 fully saturated rings. The second kappa shape index (κ2) is 9.42. The second-order valence-electron chi connectivity index (χ2n) is 5.00. The maximum atomic E-state index is 12.0. The highest BCUT2D eigenvalue weighted by molar-refractivity contribution is 5.93. The molecular weight excluding hydrogens is 308 g/mol. The average molecular weight is 330 g/mol. The number of rotatable bonds is 9. The highest BCUT2D eigenvalue weighted by atomic mass is 16.5. The fourth-order valence-corrected chi connectivity index (χ4v) is 2.00. The zero-order valence-electron chi connectivity index (χ0n) is 13.9. The molecule has 24 heavy (non-hydrogen) atoms. The van der Waals surface area contributed by atoms with E-state index >= 15 is 0 Å². The Kier molecular flexibility index (Phi) is 6.91. The summed E-state index contributed by atoms with van der Waals surface area (Å²) in [5.41, 5.74) is 1.54. The Labute approximate surface area is 141 Å². The first kappa shape index (κ1) is 17.6. The highest BCUT2D eigenvalue weighted by Crippen LogP contribution is 2.17. The summed E-state index contributed by atoms with van der Waals surface area (Å²) in [6, 6.07) is 14.6. The van der Waals surface area contributed by atoms with Crippen LogP contribution in [0.25, 0.3) is 0 Å². The van der Waals surface area contributed by atoms with Crippen LogP contribution in [0.15, 0.2) is 48.5 Å². The Morgan fingerprint density at radius 1 is 0.958 bits per heavy atom. The van der Waals surface area contributed by atoms with Crippen LogP contribution in [0, 0.1) is 0 Å². The minimum atomic E-state index is -0.135. The van der Waals surface area contributed by atoms with E-state index in [9.17, 15) is 4.79 Å². The molecule has 0 radical (unpaired) electrons. The molecule has 0 aliphatic carbocycles. The van der Waals surface area contributed by atoms with Crippen LogP contribution in [0.4, 0.5) is 11.4 Å². The van der Waals surface area contributed by atoms with Crippen molar-refractivity contribution in [2.45, 2.75) is 0 Å². The Hall–Kier alpha value is -2.73. The van der Waals surface area contributed by atoms with Gasteiger partial charge in [0.1, 0.15) is 18.1 Å². The summed E-state index contributed by atoms with van der Waals surface area (Å²) in [5.74, 6) is 1.33. The molecule has 2 aromatic carbocycles. The summed E-state index contributed by atoms with van der Waals surface area (Å²) in [7, 11) is 3.22. The zero-order valence-corrected chi connectivity index (χ0v) is 13.9. The summed E-state index contributed by atoms with van der Waals surface area (Å²) in [6.07, 6.45) is 0. The van der Waals surface area contributed by atoms with Gasteiger partial charge in [0.05, 0.1) is 20.3 Å². The molecule has 0 unspecified atom stereocenters. The third-order valence-electron chi connectivity index (χ3n) is 3.22. The molecule has 6 heteroatoms. The van der Waals surface area contributed by atoms with Crippen molar-refractivity contribution < 1.29 is 19.0 Å². The van der Waals surface area contributed by atoms with Crippen LogP contribution in [0.1, 0.15) is 0 Å². The van der Waals surface area contributed by atoms with Crippen molar-refractivity contribution in [2.24, 2.45) is 0 Å². The predicted octanol–water partition coefficient (Wildman–Crippen LogP) is 2.77. The van der Waals surface area contributed by atoms with Crippen molar-refractivity contribution in [1.82, 2.24) is 0 Å². The SMILES string of the molecule is COCCOc1ccc(NCC(=O)Nc2cccc(OC)c2)cc1. The van der Waals surface area contributed by atoms with Crippen molar-refractivity contribution in [2.75, 3.05) is 44.6 Å². The lowest BCUT2D eigenvalue weighted by Gasteiger charge is -2.10. The lowest BCUT2D eigenvalue weighted by molar-refractivity contribution is -0.114. The molecule has 2 rings (SSSR count). The standard InChI is InChI=1S/C18H22N2O4/c1-22-10-11-24-16-8-6-14(7-9-16)19-13-18(21)20-15-4-3-5-17(12-15)23-2/h3-9,12,19H,10-11,13H2,1-2H3,(H,20,21). The van der Waals surface area contributed by atoms with Gasteiger partial charge in [-0.15, -0.1) is 0 Å². The quantitative estimate of drug-likeness (QED) is 0.692. The largest absolute Gasteiger partial charge is 0.497 e. The number of ether oxygens (including phenoxy) is 3. The first-order valence-corrected chi connectivity index (χ1v) is 7.61. The van der Waals surface area contributed by atoms with Crippen LogP contribution in [0.2, 0.25) is 0 Å². The van der Waals surface area contributed by atoms with Crippen molar-refractivity contribution in [1.29, 1.82) is 0 Å². The Morgan fingerprint density at radius 3 is 2.46 bits per heavy atom. The van der Waals surface area contributed by atoms with Gasteiger partial charge in [0.2, 0.25) is 5.91 Å². The Balaban J connectivity index is 1.78. The fraction of sp³-hybridized carbons (Fsp3) is 0.278. The number of anilines is 2. The van der Waals surface area contributed by atoms with Gasteiger partial charge in [0.25, 0.3) is 0 Å². The topological polar surface area (TPSA) is 68.8 Å². The number of benzene rings is 2. The second-order valence-corrected chi connectivity index (χ2v) is 5.00. The number of nitrogens with one attached hydrogen (secondary N) is 2. The van der Waals surface area contributed by atoms with Gasteiger partial charge in [-0.3, -0.25) is 4.79 Å². The van der Waals surface area contributed by atoms with Crippen molar-refractivity contribution in [3.05, 3.63) is 48.5 Å². The molecule has 1 amide bonds. The molecule has 0 aliphatic rings. The smallest absolute Gasteiger partial charge is 0.243 e. The summed E-state index contributed by atoms with van der Waals surface area (Å²) >= 11 is 0. The van der Waals surface area contributed by atoms with Gasteiger partial charge in [0, 0.05) is 24.6 Å². The first-order chi connectivity index (χ1) is 11.7. The molecule has 0 spiro atoms. The molecule has 0 saturated carbocycles. The molecule has 0 saturated heterocycles. The molecule has 0 aliphatic heterocycles. The number of amides is 1. The molecule has 2 aromatic rings. The summed E-state index contributed by atoms with van der Waals surface area (Å²) < 4.78 is 15.5. The summed E-state index contributed by atoms with van der Waals surface area (Å²) in [5, 5.41) is 5.88. The molecule has 0 atom stereocenters. The van der Waals surface area contributed by atoms with Gasteiger partial charge >= 0.3 is 0 Å². The summed E-state index contributed by atoms with van der Waals surface area (Å²) in [4.78, 5) is 12.0. The van der Waals surface area contributed by atoms with Crippen molar-refractivity contribution >= 4 is 17.3 Å². The van der Waals surface area contributed by atoms with Gasteiger partial charge < -0.3 is 24.8 Å². The van der Waals surface area contributed by atoms with Crippen LogP contribution in [0.5, 0.6) is 11.5 Å². The van der Waals surface area contributed by atoms with E-state index in [0.29, 0.717) is 24.7 Å². The third kappa shape index (κ3) is 5.81. The molecule has 6 nitrogen and oxygen atoms in total. The molecule has 0 aromatic heterocycles. The van der Waals surface area contributed by atoms with Gasteiger partial charge in [-0.2, -0.15) is 0 Å². The number of carbonyl (C=O) groups is 1. The van der Waals surface area contributed by atoms with Crippen LogP contribution in [-0.4, -0.2) is 39.9 Å². The normalized spacial score (nSPS) is 10.1. The van der Waals surface area contributed by atoms with E-state index in [4.69, 9.17) is 14.2 Å². The number of methoxy groups -OCH3 is 2. The highest BCUT2D eigenvalue weighted by Gasteiger charge is 2.03. The third-order valence-corrected chi connectivity index (χ3v) is 3.22. The van der Waals surface area contributed by atoms with Crippen LogP contribution < -0.4 is 20.1 Å². The molecular formula is C18H22N2O4. The van der Waals surface area contributed by atoms with E-state index < -0.39 is 0 Å². The lowest BCUT2D eigenvalue weighted by atomic mass is 10.3. The van der Waals surface area contributed by atoms with Crippen molar-refractivity contribution in [3.8, 4) is 11.5 Å². The van der Waals surface area contributed by atoms with E-state index in [2.05, 4.69) is 10.6 Å². The van der Waals surface area contributed by atoms with Gasteiger partial charge in [-0.05, 0) is 36.4 Å². The lowest BCUT2D eigenvalue weighted by Crippen LogP contribution is -2.21.